The molecule has 2 aromatic carbocycles. The molecule has 0 spiro atoms. The zero-order chi connectivity index (χ0) is 25.9. The van der Waals surface area contributed by atoms with Gasteiger partial charge in [0.15, 0.2) is 5.69 Å². The molecule has 0 saturated heterocycles. The zero-order valence-electron chi connectivity index (χ0n) is 20.3. The number of anilines is 1. The molecule has 0 fully saturated rings. The number of aryl methyl sites for hydroxylation is 2. The molecule has 1 aromatic heterocycles. The number of ether oxygens (including phenoxy) is 1. The highest BCUT2D eigenvalue weighted by atomic mass is 16.5. The highest BCUT2D eigenvalue weighted by Gasteiger charge is 2.24. The number of nitrogens with zero attached hydrogens (tertiary/aromatic N) is 1. The van der Waals surface area contributed by atoms with Gasteiger partial charge in [-0.2, -0.15) is 0 Å². The highest BCUT2D eigenvalue weighted by molar-refractivity contribution is 5.91. The lowest BCUT2D eigenvalue weighted by molar-refractivity contribution is -0.137. The Labute approximate surface area is 203 Å². The van der Waals surface area contributed by atoms with E-state index in [-0.39, 0.29) is 11.4 Å². The Kier molecular flexibility index (Phi) is 7.49. The molecule has 0 saturated carbocycles. The normalized spacial score (nSPS) is 11.6. The van der Waals surface area contributed by atoms with Crippen LogP contribution in [0.3, 0.4) is 0 Å². The molecule has 0 bridgehead atoms. The van der Waals surface area contributed by atoms with Crippen molar-refractivity contribution in [3.8, 4) is 22.6 Å². The van der Waals surface area contributed by atoms with Crippen LogP contribution in [0.15, 0.2) is 47.3 Å². The first-order chi connectivity index (χ1) is 16.5. The second kappa shape index (κ2) is 10.3. The van der Waals surface area contributed by atoms with Gasteiger partial charge in [-0.15, -0.1) is 0 Å². The van der Waals surface area contributed by atoms with Gasteiger partial charge in [0, 0.05) is 18.8 Å². The number of carboxylic acid groups (broad SMARTS) is 1. The summed E-state index contributed by atoms with van der Waals surface area (Å²) >= 11 is 0. The van der Waals surface area contributed by atoms with E-state index in [0.29, 0.717) is 17.0 Å². The van der Waals surface area contributed by atoms with Crippen LogP contribution in [0.25, 0.3) is 11.1 Å². The Hall–Kier alpha value is -4.27. The topological polar surface area (TPSA) is 130 Å². The van der Waals surface area contributed by atoms with Gasteiger partial charge in [0.05, 0.1) is 19.6 Å². The third-order valence-corrected chi connectivity index (χ3v) is 6.04. The summed E-state index contributed by atoms with van der Waals surface area (Å²) in [6.07, 6.45) is -0.410. The van der Waals surface area contributed by atoms with Crippen LogP contribution >= 0.6 is 0 Å². The monoisotopic (exact) mass is 479 g/mol. The molecule has 1 atom stereocenters. The van der Waals surface area contributed by atoms with Crippen molar-refractivity contribution in [1.29, 1.82) is 0 Å². The molecule has 3 rings (SSSR count). The zero-order valence-corrected chi connectivity index (χ0v) is 20.3. The minimum atomic E-state index is -1.12. The molecular formula is C26H29N3O6. The maximum absolute atomic E-state index is 12.8. The van der Waals surface area contributed by atoms with Gasteiger partial charge in [0.1, 0.15) is 11.5 Å². The van der Waals surface area contributed by atoms with E-state index in [1.54, 1.807) is 13.0 Å². The summed E-state index contributed by atoms with van der Waals surface area (Å²) in [5.74, 6) is -0.995. The quantitative estimate of drug-likeness (QED) is 0.405. The van der Waals surface area contributed by atoms with Gasteiger partial charge in [-0.1, -0.05) is 24.3 Å². The fourth-order valence-corrected chi connectivity index (χ4v) is 3.99. The Balaban J connectivity index is 2.03. The van der Waals surface area contributed by atoms with Gasteiger partial charge < -0.3 is 30.2 Å². The number of hydrogen-bond acceptors (Lipinski definition) is 5. The fraction of sp³-hybridized carbons (Fsp3) is 0.269. The predicted molar refractivity (Wildman–Crippen MR) is 133 cm³/mol. The molecule has 9 heteroatoms. The predicted octanol–water partition coefficient (Wildman–Crippen LogP) is 4.03. The van der Waals surface area contributed by atoms with Crippen molar-refractivity contribution in [3.05, 3.63) is 75.2 Å². The number of aromatic hydroxyl groups is 1. The number of pyridine rings is 1. The highest BCUT2D eigenvalue weighted by Crippen LogP contribution is 2.36. The SMILES string of the molecule is COc1cc(-c2ccccc2C)c(C)c(C(CC(=O)O)NC(=O)Nc2c(O)cc(C)n(C)c2=O)c1. The van der Waals surface area contributed by atoms with Crippen molar-refractivity contribution < 1.29 is 24.5 Å². The molecule has 1 unspecified atom stereocenters. The molecule has 2 amide bonds. The van der Waals surface area contributed by atoms with Crippen LogP contribution in [-0.4, -0.2) is 33.9 Å². The molecule has 35 heavy (non-hydrogen) atoms. The largest absolute Gasteiger partial charge is 0.505 e. The number of hydrogen-bond donors (Lipinski definition) is 4. The molecule has 0 radical (unpaired) electrons. The minimum absolute atomic E-state index is 0.298. The number of benzene rings is 2. The number of carbonyl (C=O) groups is 2. The van der Waals surface area contributed by atoms with Crippen molar-refractivity contribution in [1.82, 2.24) is 9.88 Å². The van der Waals surface area contributed by atoms with Crippen molar-refractivity contribution in [2.45, 2.75) is 33.2 Å². The van der Waals surface area contributed by atoms with Crippen LogP contribution in [0.1, 0.15) is 34.8 Å². The molecule has 0 aliphatic heterocycles. The van der Waals surface area contributed by atoms with E-state index < -0.39 is 30.0 Å². The lowest BCUT2D eigenvalue weighted by atomic mass is 9.89. The van der Waals surface area contributed by atoms with Crippen molar-refractivity contribution in [2.24, 2.45) is 7.05 Å². The van der Waals surface area contributed by atoms with Gasteiger partial charge >= 0.3 is 12.0 Å². The van der Waals surface area contributed by atoms with E-state index in [1.807, 2.05) is 44.2 Å². The Morgan fingerprint density at radius 2 is 1.77 bits per heavy atom. The van der Waals surface area contributed by atoms with Crippen LogP contribution in [-0.2, 0) is 11.8 Å². The number of amides is 2. The first kappa shape index (κ1) is 25.4. The summed E-state index contributed by atoms with van der Waals surface area (Å²) < 4.78 is 6.75. The minimum Gasteiger partial charge on any atom is -0.505 e. The molecule has 3 aromatic rings. The molecule has 184 valence electrons. The van der Waals surface area contributed by atoms with Crippen molar-refractivity contribution in [2.75, 3.05) is 12.4 Å². The summed E-state index contributed by atoms with van der Waals surface area (Å²) in [6, 6.07) is 10.9. The maximum atomic E-state index is 12.8. The molecule has 4 N–H and O–H groups in total. The van der Waals surface area contributed by atoms with Crippen molar-refractivity contribution in [3.63, 3.8) is 0 Å². The molecule has 0 aliphatic rings. The first-order valence-electron chi connectivity index (χ1n) is 11.0. The number of aliphatic carboxylic acids is 1. The van der Waals surface area contributed by atoms with E-state index in [0.717, 1.165) is 22.3 Å². The Morgan fingerprint density at radius 3 is 2.40 bits per heavy atom. The summed E-state index contributed by atoms with van der Waals surface area (Å²) in [6.45, 7) is 5.47. The number of nitrogens with one attached hydrogen (secondary N) is 2. The van der Waals surface area contributed by atoms with E-state index in [9.17, 15) is 24.6 Å². The second-order valence-corrected chi connectivity index (χ2v) is 8.36. The van der Waals surface area contributed by atoms with E-state index in [4.69, 9.17) is 4.74 Å². The summed E-state index contributed by atoms with van der Waals surface area (Å²) in [5, 5.41) is 24.7. The standard InChI is InChI=1S/C26H29N3O6/c1-14-8-6-7-9-18(14)19-11-17(35-5)12-20(16(19)3)21(13-23(31)32)27-26(34)28-24-22(30)10-15(2)29(4)25(24)33/h6-12,21,30H,13H2,1-5H3,(H,31,32)(H2,27,28,34). The molecule has 0 aliphatic carbocycles. The van der Waals surface area contributed by atoms with Gasteiger partial charge in [0.2, 0.25) is 0 Å². The Bertz CT molecular complexity index is 1350. The van der Waals surface area contributed by atoms with Crippen LogP contribution in [0.4, 0.5) is 10.5 Å². The average molecular weight is 480 g/mol. The molecule has 9 nitrogen and oxygen atoms in total. The van der Waals surface area contributed by atoms with Crippen LogP contribution in [0, 0.1) is 20.8 Å². The fourth-order valence-electron chi connectivity index (χ4n) is 3.99. The summed E-state index contributed by atoms with van der Waals surface area (Å²) in [7, 11) is 3.03. The third kappa shape index (κ3) is 5.46. The van der Waals surface area contributed by atoms with Crippen molar-refractivity contribution >= 4 is 17.7 Å². The molecule has 1 heterocycles. The number of urea groups is 1. The Morgan fingerprint density at radius 1 is 1.09 bits per heavy atom. The van der Waals surface area contributed by atoms with Crippen LogP contribution in [0.2, 0.25) is 0 Å². The number of aromatic nitrogens is 1. The number of carbonyl (C=O) groups excluding carboxylic acids is 1. The summed E-state index contributed by atoms with van der Waals surface area (Å²) in [4.78, 5) is 37.0. The number of methoxy groups -OCH3 is 1. The van der Waals surface area contributed by atoms with Gasteiger partial charge in [0.25, 0.3) is 5.56 Å². The maximum Gasteiger partial charge on any atom is 0.319 e. The number of carboxylic acids is 1. The number of rotatable bonds is 7. The molecular weight excluding hydrogens is 450 g/mol. The smallest absolute Gasteiger partial charge is 0.319 e. The van der Waals surface area contributed by atoms with E-state index in [2.05, 4.69) is 10.6 Å². The lowest BCUT2D eigenvalue weighted by Crippen LogP contribution is -2.36. The average Bonchev–Trinajstić information content (AvgIpc) is 2.80. The van der Waals surface area contributed by atoms with Gasteiger partial charge in [-0.3, -0.25) is 9.59 Å². The lowest BCUT2D eigenvalue weighted by Gasteiger charge is -2.23. The van der Waals surface area contributed by atoms with E-state index in [1.165, 1.54) is 24.8 Å². The van der Waals surface area contributed by atoms with Crippen LogP contribution < -0.4 is 20.9 Å². The van der Waals surface area contributed by atoms with Gasteiger partial charge in [-0.05, 0) is 60.7 Å². The van der Waals surface area contributed by atoms with E-state index >= 15 is 0 Å². The van der Waals surface area contributed by atoms with Gasteiger partial charge in [-0.25, -0.2) is 4.79 Å². The second-order valence-electron chi connectivity index (χ2n) is 8.36. The van der Waals surface area contributed by atoms with Crippen LogP contribution in [0.5, 0.6) is 11.5 Å². The first-order valence-corrected chi connectivity index (χ1v) is 11.0. The summed E-state index contributed by atoms with van der Waals surface area (Å²) in [5.41, 5.74) is 3.79. The third-order valence-electron chi connectivity index (χ3n) is 6.04.